The lowest BCUT2D eigenvalue weighted by atomic mass is 9.95. The fourth-order valence-corrected chi connectivity index (χ4v) is 4.86. The molecular formula is C28H32N6O4. The normalized spacial score (nSPS) is 16.9. The summed E-state index contributed by atoms with van der Waals surface area (Å²) in [4.78, 5) is 32.3. The van der Waals surface area contributed by atoms with Gasteiger partial charge in [0.1, 0.15) is 23.9 Å². The molecule has 1 atom stereocenters. The number of amides is 2. The average molecular weight is 517 g/mol. The Labute approximate surface area is 221 Å². The Morgan fingerprint density at radius 3 is 2.58 bits per heavy atom. The quantitative estimate of drug-likeness (QED) is 0.466. The Bertz CT molecular complexity index is 1330. The number of hydrogen-bond acceptors (Lipinski definition) is 7. The highest BCUT2D eigenvalue weighted by atomic mass is 16.5. The van der Waals surface area contributed by atoms with Gasteiger partial charge in [0.2, 0.25) is 5.95 Å². The Morgan fingerprint density at radius 2 is 1.82 bits per heavy atom. The van der Waals surface area contributed by atoms with Crippen molar-refractivity contribution in [2.75, 3.05) is 36.9 Å². The number of nitrogens with one attached hydrogen (secondary N) is 2. The fraction of sp³-hybridized carbons (Fsp3) is 0.357. The Balaban J connectivity index is 1.36. The Kier molecular flexibility index (Phi) is 7.57. The molecule has 3 aromatic rings. The molecule has 2 aliphatic rings. The van der Waals surface area contributed by atoms with Crippen LogP contribution in [0.15, 0.2) is 66.1 Å². The van der Waals surface area contributed by atoms with Gasteiger partial charge in [-0.2, -0.15) is 10.1 Å². The molecule has 0 bridgehead atoms. The fourth-order valence-electron chi connectivity index (χ4n) is 4.86. The van der Waals surface area contributed by atoms with E-state index < -0.39 is 6.04 Å². The SMILES string of the molecule is CCOc1ccccc1NC(=O)C1=C(C)Nc2ncnn2C1c1ccc(OCC(=O)N2CCCCC2)cc1. The Hall–Kier alpha value is -4.34. The van der Waals surface area contributed by atoms with Crippen molar-refractivity contribution >= 4 is 23.5 Å². The molecule has 2 amide bonds. The van der Waals surface area contributed by atoms with Crippen LogP contribution < -0.4 is 20.1 Å². The monoisotopic (exact) mass is 516 g/mol. The van der Waals surface area contributed by atoms with Gasteiger partial charge >= 0.3 is 0 Å². The van der Waals surface area contributed by atoms with Gasteiger partial charge in [-0.1, -0.05) is 24.3 Å². The molecule has 2 aromatic carbocycles. The van der Waals surface area contributed by atoms with E-state index >= 15 is 0 Å². The van der Waals surface area contributed by atoms with Crippen molar-refractivity contribution in [2.24, 2.45) is 0 Å². The number of allylic oxidation sites excluding steroid dienone is 1. The number of nitrogens with zero attached hydrogens (tertiary/aromatic N) is 4. The van der Waals surface area contributed by atoms with Crippen LogP contribution in [0.2, 0.25) is 0 Å². The lowest BCUT2D eigenvalue weighted by Gasteiger charge is -2.29. The first-order valence-corrected chi connectivity index (χ1v) is 13.0. The zero-order valence-corrected chi connectivity index (χ0v) is 21.6. The van der Waals surface area contributed by atoms with E-state index in [0.29, 0.717) is 41.0 Å². The molecular weight excluding hydrogens is 484 g/mol. The second-order valence-electron chi connectivity index (χ2n) is 9.28. The molecule has 2 aliphatic heterocycles. The summed E-state index contributed by atoms with van der Waals surface area (Å²) in [5.41, 5.74) is 2.60. The van der Waals surface area contributed by atoms with Gasteiger partial charge in [-0.25, -0.2) is 4.68 Å². The van der Waals surface area contributed by atoms with Crippen LogP contribution in [-0.4, -0.2) is 57.8 Å². The number of carbonyl (C=O) groups excluding carboxylic acids is 2. The number of rotatable bonds is 8. The van der Waals surface area contributed by atoms with Crippen molar-refractivity contribution in [3.63, 3.8) is 0 Å². The second-order valence-corrected chi connectivity index (χ2v) is 9.28. The molecule has 1 aromatic heterocycles. The maximum Gasteiger partial charge on any atom is 0.260 e. The maximum absolute atomic E-state index is 13.7. The van der Waals surface area contributed by atoms with Crippen LogP contribution in [0.4, 0.5) is 11.6 Å². The van der Waals surface area contributed by atoms with E-state index in [1.165, 1.54) is 12.7 Å². The predicted octanol–water partition coefficient (Wildman–Crippen LogP) is 4.00. The second kappa shape index (κ2) is 11.4. The molecule has 0 aliphatic carbocycles. The molecule has 5 rings (SSSR count). The van der Waals surface area contributed by atoms with E-state index in [0.717, 1.165) is 31.5 Å². The van der Waals surface area contributed by atoms with Crippen molar-refractivity contribution in [3.8, 4) is 11.5 Å². The van der Waals surface area contributed by atoms with Gasteiger partial charge in [-0.05, 0) is 62.9 Å². The van der Waals surface area contributed by atoms with Crippen LogP contribution in [0.25, 0.3) is 0 Å². The van der Waals surface area contributed by atoms with Gasteiger partial charge < -0.3 is 25.0 Å². The average Bonchev–Trinajstić information content (AvgIpc) is 3.41. The molecule has 2 N–H and O–H groups in total. The number of aromatic nitrogens is 3. The molecule has 0 saturated carbocycles. The summed E-state index contributed by atoms with van der Waals surface area (Å²) >= 11 is 0. The van der Waals surface area contributed by atoms with Crippen molar-refractivity contribution in [1.82, 2.24) is 19.7 Å². The lowest BCUT2D eigenvalue weighted by Crippen LogP contribution is -2.38. The van der Waals surface area contributed by atoms with E-state index in [4.69, 9.17) is 9.47 Å². The topological polar surface area (TPSA) is 111 Å². The van der Waals surface area contributed by atoms with Crippen molar-refractivity contribution in [2.45, 2.75) is 39.2 Å². The number of ether oxygens (including phenoxy) is 2. The standard InChI is InChI=1S/C28H32N6O4/c1-3-37-23-10-6-5-9-22(23)32-27(36)25-19(2)31-28-29-18-30-34(28)26(25)20-11-13-21(14-12-20)38-17-24(35)33-15-7-4-8-16-33/h5-6,9-14,18,26H,3-4,7-8,15-17H2,1-2H3,(H,32,36)(H,29,30,31). The largest absolute Gasteiger partial charge is 0.492 e. The molecule has 1 fully saturated rings. The summed E-state index contributed by atoms with van der Waals surface area (Å²) in [5, 5.41) is 10.6. The van der Waals surface area contributed by atoms with Crippen molar-refractivity contribution < 1.29 is 19.1 Å². The number of hydrogen-bond donors (Lipinski definition) is 2. The van der Waals surface area contributed by atoms with Crippen LogP contribution in [0.1, 0.15) is 44.7 Å². The molecule has 38 heavy (non-hydrogen) atoms. The molecule has 3 heterocycles. The first-order chi connectivity index (χ1) is 18.5. The number of piperidine rings is 1. The predicted molar refractivity (Wildman–Crippen MR) is 143 cm³/mol. The number of anilines is 2. The summed E-state index contributed by atoms with van der Waals surface area (Å²) in [6.45, 7) is 5.82. The smallest absolute Gasteiger partial charge is 0.260 e. The van der Waals surface area contributed by atoms with E-state index in [1.54, 1.807) is 4.68 Å². The molecule has 10 nitrogen and oxygen atoms in total. The summed E-state index contributed by atoms with van der Waals surface area (Å²) in [6, 6.07) is 14.2. The third-order valence-electron chi connectivity index (χ3n) is 6.74. The van der Waals surface area contributed by atoms with Crippen LogP contribution in [0.5, 0.6) is 11.5 Å². The number of carbonyl (C=O) groups is 2. The van der Waals surface area contributed by atoms with E-state index in [1.807, 2.05) is 67.3 Å². The molecule has 0 radical (unpaired) electrons. The highest BCUT2D eigenvalue weighted by Gasteiger charge is 2.33. The third kappa shape index (κ3) is 5.34. The lowest BCUT2D eigenvalue weighted by molar-refractivity contribution is -0.134. The minimum atomic E-state index is -0.517. The first kappa shape index (κ1) is 25.3. The number of benzene rings is 2. The molecule has 0 spiro atoms. The summed E-state index contributed by atoms with van der Waals surface area (Å²) in [7, 11) is 0. The van der Waals surface area contributed by atoms with Gasteiger partial charge in [0, 0.05) is 18.8 Å². The third-order valence-corrected chi connectivity index (χ3v) is 6.74. The van der Waals surface area contributed by atoms with Gasteiger partial charge in [0.15, 0.2) is 6.61 Å². The Morgan fingerprint density at radius 1 is 1.05 bits per heavy atom. The van der Waals surface area contributed by atoms with E-state index in [9.17, 15) is 9.59 Å². The highest BCUT2D eigenvalue weighted by molar-refractivity contribution is 6.06. The molecule has 1 saturated heterocycles. The van der Waals surface area contributed by atoms with Crippen molar-refractivity contribution in [1.29, 1.82) is 0 Å². The number of para-hydroxylation sites is 2. The van der Waals surface area contributed by atoms with Crippen LogP contribution in [0.3, 0.4) is 0 Å². The zero-order valence-electron chi connectivity index (χ0n) is 21.6. The van der Waals surface area contributed by atoms with Crippen molar-refractivity contribution in [3.05, 3.63) is 71.7 Å². The number of fused-ring (bicyclic) bond motifs is 1. The minimum Gasteiger partial charge on any atom is -0.492 e. The summed E-state index contributed by atoms with van der Waals surface area (Å²) in [6.07, 6.45) is 4.71. The van der Waals surface area contributed by atoms with Crippen LogP contribution >= 0.6 is 0 Å². The van der Waals surface area contributed by atoms with Crippen LogP contribution in [-0.2, 0) is 9.59 Å². The van der Waals surface area contributed by atoms with Gasteiger partial charge in [0.05, 0.1) is 17.9 Å². The first-order valence-electron chi connectivity index (χ1n) is 13.0. The van der Waals surface area contributed by atoms with Gasteiger partial charge in [-0.3, -0.25) is 9.59 Å². The van der Waals surface area contributed by atoms with Crippen LogP contribution in [0, 0.1) is 0 Å². The number of likely N-dealkylation sites (tertiary alicyclic amines) is 1. The molecule has 1 unspecified atom stereocenters. The zero-order chi connectivity index (χ0) is 26.5. The minimum absolute atomic E-state index is 0.00392. The van der Waals surface area contributed by atoms with E-state index in [-0.39, 0.29) is 18.4 Å². The summed E-state index contributed by atoms with van der Waals surface area (Å²) < 4.78 is 13.2. The maximum atomic E-state index is 13.7. The molecule has 198 valence electrons. The van der Waals surface area contributed by atoms with Gasteiger partial charge in [0.25, 0.3) is 11.8 Å². The van der Waals surface area contributed by atoms with Gasteiger partial charge in [-0.15, -0.1) is 0 Å². The molecule has 10 heteroatoms. The summed E-state index contributed by atoms with van der Waals surface area (Å²) in [5.74, 6) is 1.46. The highest BCUT2D eigenvalue weighted by Crippen LogP contribution is 2.36. The van der Waals surface area contributed by atoms with E-state index in [2.05, 4.69) is 20.7 Å².